The molecule has 0 aromatic heterocycles. The summed E-state index contributed by atoms with van der Waals surface area (Å²) in [6.45, 7) is 17.0. The van der Waals surface area contributed by atoms with Crippen LogP contribution in [0.15, 0.2) is 48.2 Å². The summed E-state index contributed by atoms with van der Waals surface area (Å²) >= 11 is 0. The Labute approximate surface area is 213 Å². The normalized spacial score (nSPS) is 26.9. The van der Waals surface area contributed by atoms with Crippen molar-refractivity contribution >= 4 is 26.3 Å². The lowest BCUT2D eigenvalue weighted by atomic mass is 9.82. The molecule has 2 saturated heterocycles. The van der Waals surface area contributed by atoms with E-state index in [9.17, 15) is 18.8 Å². The van der Waals surface area contributed by atoms with Crippen LogP contribution >= 0.6 is 0 Å². The molecule has 0 bridgehead atoms. The molecule has 10 heteroatoms. The highest BCUT2D eigenvalue weighted by atomic mass is 28.4. The summed E-state index contributed by atoms with van der Waals surface area (Å²) in [5.74, 6) is -1.14. The van der Waals surface area contributed by atoms with Crippen molar-refractivity contribution in [1.29, 1.82) is 0 Å². The molecule has 0 spiro atoms. The second-order valence-electron chi connectivity index (χ2n) is 10.4. The van der Waals surface area contributed by atoms with E-state index in [0.29, 0.717) is 17.6 Å². The van der Waals surface area contributed by atoms with Gasteiger partial charge >= 0.3 is 12.1 Å². The molecule has 0 radical (unpaired) electrons. The SMILES string of the molecule is C=CCOC(=O)C1=C(C(C)=C[C@@H]2CC(F)CN2C(=O)OCC=C)C[C@@H]2[C@@H]([C@@H](C)O[Si](C)(C)C)C(=O)N12. The Kier molecular flexibility index (Phi) is 8.61. The molecule has 0 N–H and O–H groups in total. The largest absolute Gasteiger partial charge is 0.457 e. The van der Waals surface area contributed by atoms with Gasteiger partial charge in [0.1, 0.15) is 25.1 Å². The van der Waals surface area contributed by atoms with Gasteiger partial charge in [-0.15, -0.1) is 0 Å². The lowest BCUT2D eigenvalue weighted by Gasteiger charge is -2.47. The minimum atomic E-state index is -1.88. The highest BCUT2D eigenvalue weighted by molar-refractivity contribution is 6.69. The zero-order valence-electron chi connectivity index (χ0n) is 21.8. The van der Waals surface area contributed by atoms with E-state index in [4.69, 9.17) is 13.9 Å². The molecule has 1 unspecified atom stereocenters. The summed E-state index contributed by atoms with van der Waals surface area (Å²) in [5, 5.41) is 0. The molecule has 8 nitrogen and oxygen atoms in total. The Morgan fingerprint density at radius 2 is 1.83 bits per heavy atom. The number of hydrogen-bond acceptors (Lipinski definition) is 6. The van der Waals surface area contributed by atoms with Crippen molar-refractivity contribution in [2.45, 2.75) is 70.7 Å². The average molecular weight is 521 g/mol. The number of likely N-dealkylation sites (tertiary alicyclic amines) is 1. The van der Waals surface area contributed by atoms with Crippen molar-refractivity contribution in [3.63, 3.8) is 0 Å². The van der Waals surface area contributed by atoms with E-state index < -0.39 is 32.6 Å². The number of rotatable bonds is 10. The summed E-state index contributed by atoms with van der Waals surface area (Å²) in [4.78, 5) is 41.5. The molecule has 36 heavy (non-hydrogen) atoms. The predicted octanol–water partition coefficient (Wildman–Crippen LogP) is 4.12. The Morgan fingerprint density at radius 3 is 2.44 bits per heavy atom. The number of nitrogens with zero attached hydrogens (tertiary/aromatic N) is 2. The number of carbonyl (C=O) groups excluding carboxylic acids is 3. The summed E-state index contributed by atoms with van der Waals surface area (Å²) in [5.41, 5.74) is 1.56. The molecule has 3 heterocycles. The minimum Gasteiger partial charge on any atom is -0.457 e. The average Bonchev–Trinajstić information content (AvgIpc) is 3.32. The van der Waals surface area contributed by atoms with Gasteiger partial charge in [0.05, 0.1) is 30.7 Å². The first-order valence-electron chi connectivity index (χ1n) is 12.3. The number of ether oxygens (including phenoxy) is 2. The monoisotopic (exact) mass is 520 g/mol. The van der Waals surface area contributed by atoms with Gasteiger partial charge in [-0.1, -0.05) is 31.4 Å². The molecule has 2 amide bonds. The van der Waals surface area contributed by atoms with Crippen LogP contribution in [0.2, 0.25) is 19.6 Å². The van der Waals surface area contributed by atoms with Gasteiger partial charge in [-0.25, -0.2) is 14.0 Å². The lowest BCUT2D eigenvalue weighted by molar-refractivity contribution is -0.161. The number of β-lactam (4-membered cyclic amide) rings is 1. The Balaban J connectivity index is 1.90. The molecule has 3 aliphatic heterocycles. The van der Waals surface area contributed by atoms with Crippen molar-refractivity contribution in [2.24, 2.45) is 5.92 Å². The number of carbonyl (C=O) groups is 3. The molecule has 198 valence electrons. The molecule has 0 aliphatic carbocycles. The molecule has 0 saturated carbocycles. The van der Waals surface area contributed by atoms with E-state index in [1.165, 1.54) is 22.0 Å². The third kappa shape index (κ3) is 5.81. The van der Waals surface area contributed by atoms with Crippen LogP contribution in [0.3, 0.4) is 0 Å². The Hall–Kier alpha value is -2.72. The lowest BCUT2D eigenvalue weighted by Crippen LogP contribution is -2.63. The van der Waals surface area contributed by atoms with Crippen LogP contribution in [0.25, 0.3) is 0 Å². The van der Waals surface area contributed by atoms with Gasteiger partial charge in [-0.3, -0.25) is 9.69 Å². The first-order chi connectivity index (χ1) is 16.9. The highest BCUT2D eigenvalue weighted by Gasteiger charge is 2.57. The second kappa shape index (κ2) is 11.1. The fourth-order valence-corrected chi connectivity index (χ4v) is 6.47. The van der Waals surface area contributed by atoms with Gasteiger partial charge < -0.3 is 18.8 Å². The third-order valence-corrected chi connectivity index (χ3v) is 7.63. The van der Waals surface area contributed by atoms with Crippen LogP contribution in [0, 0.1) is 5.92 Å². The van der Waals surface area contributed by atoms with Crippen molar-refractivity contribution in [3.8, 4) is 0 Å². The number of halogens is 1. The summed E-state index contributed by atoms with van der Waals surface area (Å²) < 4.78 is 30.9. The van der Waals surface area contributed by atoms with E-state index in [-0.39, 0.29) is 55.8 Å². The van der Waals surface area contributed by atoms with Gasteiger partial charge in [-0.05, 0) is 51.1 Å². The topological polar surface area (TPSA) is 85.4 Å². The fraction of sp³-hybridized carbons (Fsp3) is 0.577. The molecule has 2 fully saturated rings. The maximum Gasteiger partial charge on any atom is 0.410 e. The van der Waals surface area contributed by atoms with Gasteiger partial charge in [0, 0.05) is 6.42 Å². The first kappa shape index (κ1) is 27.9. The third-order valence-electron chi connectivity index (χ3n) is 6.55. The number of fused-ring (bicyclic) bond motifs is 1. The van der Waals surface area contributed by atoms with Crippen LogP contribution in [-0.2, 0) is 23.5 Å². The summed E-state index contributed by atoms with van der Waals surface area (Å²) in [6.07, 6.45) is 3.18. The number of alkyl halides is 1. The van der Waals surface area contributed by atoms with Gasteiger partial charge in [0.25, 0.3) is 0 Å². The van der Waals surface area contributed by atoms with Crippen LogP contribution in [0.4, 0.5) is 9.18 Å². The molecule has 3 aliphatic rings. The van der Waals surface area contributed by atoms with Gasteiger partial charge in [-0.2, -0.15) is 0 Å². The zero-order chi connectivity index (χ0) is 26.8. The second-order valence-corrected chi connectivity index (χ2v) is 14.9. The molecule has 5 atom stereocenters. The highest BCUT2D eigenvalue weighted by Crippen LogP contribution is 2.47. The first-order valence-corrected chi connectivity index (χ1v) is 15.7. The quantitative estimate of drug-likeness (QED) is 0.186. The van der Waals surface area contributed by atoms with E-state index in [0.717, 1.165) is 0 Å². The van der Waals surface area contributed by atoms with Gasteiger partial charge in [0.15, 0.2) is 8.32 Å². The summed E-state index contributed by atoms with van der Waals surface area (Å²) in [7, 11) is -1.88. The van der Waals surface area contributed by atoms with Crippen molar-refractivity contribution in [2.75, 3.05) is 19.8 Å². The maximum absolute atomic E-state index is 14.3. The number of amides is 2. The zero-order valence-corrected chi connectivity index (χ0v) is 22.8. The van der Waals surface area contributed by atoms with Crippen molar-refractivity contribution in [3.05, 3.63) is 48.2 Å². The predicted molar refractivity (Wildman–Crippen MR) is 136 cm³/mol. The van der Waals surface area contributed by atoms with E-state index >= 15 is 0 Å². The van der Waals surface area contributed by atoms with E-state index in [1.54, 1.807) is 6.08 Å². The standard InChI is InChI=1S/C26H37FN2O6Si/c1-8-10-33-25(31)23-20(14-21-22(24(30)29(21)23)17(4)35-36(5,6)7)16(3)12-19-13-18(27)15-28(19)26(32)34-11-9-2/h8-9,12,17-19,21-22H,1-2,10-11,13-15H2,3-7H3/t17-,18?,19-,21-,22-/m1/s1. The van der Waals surface area contributed by atoms with Crippen LogP contribution < -0.4 is 0 Å². The minimum absolute atomic E-state index is 0.0126. The molecule has 3 rings (SSSR count). The van der Waals surface area contributed by atoms with Crippen LogP contribution in [0.1, 0.15) is 26.7 Å². The number of allylic oxidation sites excluding steroid dienone is 1. The van der Waals surface area contributed by atoms with Crippen molar-refractivity contribution < 1.29 is 32.7 Å². The molecule has 0 aromatic rings. The summed E-state index contributed by atoms with van der Waals surface area (Å²) in [6, 6.07) is -0.760. The Morgan fingerprint density at radius 1 is 1.19 bits per heavy atom. The van der Waals surface area contributed by atoms with E-state index in [2.05, 4.69) is 32.8 Å². The van der Waals surface area contributed by atoms with Crippen LogP contribution in [-0.4, -0.2) is 80.2 Å². The number of esters is 1. The maximum atomic E-state index is 14.3. The smallest absolute Gasteiger partial charge is 0.410 e. The molecular weight excluding hydrogens is 483 g/mol. The molecule has 0 aromatic carbocycles. The van der Waals surface area contributed by atoms with Crippen LogP contribution in [0.5, 0.6) is 0 Å². The van der Waals surface area contributed by atoms with E-state index in [1.807, 2.05) is 13.8 Å². The van der Waals surface area contributed by atoms with Gasteiger partial charge in [0.2, 0.25) is 5.91 Å². The van der Waals surface area contributed by atoms with Crippen molar-refractivity contribution in [1.82, 2.24) is 9.80 Å². The Bertz CT molecular complexity index is 987. The number of hydrogen-bond donors (Lipinski definition) is 0. The molecular formula is C26H37FN2O6Si. The fourth-order valence-electron chi connectivity index (χ4n) is 5.21.